The minimum Gasteiger partial charge on any atom is -0.343 e. The molecule has 0 bridgehead atoms. The van der Waals surface area contributed by atoms with E-state index in [0.717, 1.165) is 19.3 Å². The van der Waals surface area contributed by atoms with E-state index in [1.165, 1.54) is 19.3 Å². The summed E-state index contributed by atoms with van der Waals surface area (Å²) in [4.78, 5) is 11.3. The highest BCUT2D eigenvalue weighted by Crippen LogP contribution is 2.10. The molecule has 0 spiro atoms. The summed E-state index contributed by atoms with van der Waals surface area (Å²) < 4.78 is 0. The summed E-state index contributed by atoms with van der Waals surface area (Å²) in [5, 5.41) is 25.9. The van der Waals surface area contributed by atoms with E-state index < -0.39 is 24.2 Å². The van der Waals surface area contributed by atoms with Gasteiger partial charge in [0.2, 0.25) is 0 Å². The Kier molecular flexibility index (Phi) is 8.33. The van der Waals surface area contributed by atoms with E-state index in [1.54, 1.807) is 0 Å². The number of hydrogen-bond donors (Lipinski definition) is 4. The van der Waals surface area contributed by atoms with Gasteiger partial charge in [-0.2, -0.15) is 0 Å². The third-order valence-corrected chi connectivity index (χ3v) is 2.69. The first-order valence-electron chi connectivity index (χ1n) is 6.32. The Hall–Kier alpha value is -0.490. The standard InChI is InChI=1S/C12H25NO4/c1-2-3-4-5-6-7-8-10(13)11(14)9-12(15,16)17/h10,15-17H,2-9,13H2,1H3. The van der Waals surface area contributed by atoms with Crippen LogP contribution in [0.1, 0.15) is 58.3 Å². The Morgan fingerprint density at radius 2 is 1.65 bits per heavy atom. The van der Waals surface area contributed by atoms with Crippen LogP contribution >= 0.6 is 0 Å². The predicted molar refractivity (Wildman–Crippen MR) is 65.0 cm³/mol. The maximum atomic E-state index is 11.3. The number of aliphatic hydroxyl groups is 3. The van der Waals surface area contributed by atoms with Crippen molar-refractivity contribution < 1.29 is 20.1 Å². The van der Waals surface area contributed by atoms with Crippen LogP contribution in [-0.2, 0) is 4.79 Å². The van der Waals surface area contributed by atoms with E-state index in [9.17, 15) is 4.79 Å². The third-order valence-electron chi connectivity index (χ3n) is 2.69. The molecule has 0 aliphatic heterocycles. The molecule has 0 aromatic rings. The smallest absolute Gasteiger partial charge is 0.282 e. The van der Waals surface area contributed by atoms with Gasteiger partial charge in [0.1, 0.15) is 0 Å². The van der Waals surface area contributed by atoms with Crippen LogP contribution < -0.4 is 5.73 Å². The summed E-state index contributed by atoms with van der Waals surface area (Å²) >= 11 is 0. The van der Waals surface area contributed by atoms with Crippen LogP contribution in [-0.4, -0.2) is 33.1 Å². The van der Waals surface area contributed by atoms with Crippen molar-refractivity contribution in [2.75, 3.05) is 0 Å². The number of carbonyl (C=O) groups is 1. The van der Waals surface area contributed by atoms with Gasteiger partial charge in [0, 0.05) is 0 Å². The second kappa shape index (κ2) is 8.58. The fraction of sp³-hybridized carbons (Fsp3) is 0.917. The van der Waals surface area contributed by atoms with Gasteiger partial charge in [-0.1, -0.05) is 45.4 Å². The van der Waals surface area contributed by atoms with Gasteiger partial charge in [-0.3, -0.25) is 4.79 Å². The average Bonchev–Trinajstić information content (AvgIpc) is 2.20. The normalized spacial score (nSPS) is 13.7. The monoisotopic (exact) mass is 247 g/mol. The van der Waals surface area contributed by atoms with E-state index in [0.29, 0.717) is 6.42 Å². The minimum atomic E-state index is -2.93. The lowest BCUT2D eigenvalue weighted by Crippen LogP contribution is -2.38. The van der Waals surface area contributed by atoms with Crippen molar-refractivity contribution in [1.82, 2.24) is 0 Å². The highest BCUT2D eigenvalue weighted by Gasteiger charge is 2.26. The maximum Gasteiger partial charge on any atom is 0.282 e. The number of hydrogen-bond acceptors (Lipinski definition) is 5. The maximum absolute atomic E-state index is 11.3. The number of rotatable bonds is 10. The van der Waals surface area contributed by atoms with E-state index in [4.69, 9.17) is 21.1 Å². The minimum absolute atomic E-state index is 0.522. The Labute approximate surface area is 103 Å². The summed E-state index contributed by atoms with van der Waals surface area (Å²) in [6.07, 6.45) is 6.45. The van der Waals surface area contributed by atoms with Gasteiger partial charge in [-0.15, -0.1) is 0 Å². The summed E-state index contributed by atoms with van der Waals surface area (Å²) in [6.45, 7) is 2.15. The Morgan fingerprint density at radius 1 is 1.12 bits per heavy atom. The summed E-state index contributed by atoms with van der Waals surface area (Å²) in [6, 6.07) is -0.716. The quantitative estimate of drug-likeness (QED) is 0.335. The molecule has 0 aliphatic carbocycles. The fourth-order valence-electron chi connectivity index (χ4n) is 1.67. The fourth-order valence-corrected chi connectivity index (χ4v) is 1.67. The molecule has 0 rings (SSSR count). The van der Waals surface area contributed by atoms with Crippen LogP contribution in [0.5, 0.6) is 0 Å². The van der Waals surface area contributed by atoms with Crippen molar-refractivity contribution in [3.8, 4) is 0 Å². The Morgan fingerprint density at radius 3 is 2.18 bits per heavy atom. The van der Waals surface area contributed by atoms with E-state index >= 15 is 0 Å². The van der Waals surface area contributed by atoms with Crippen molar-refractivity contribution in [3.63, 3.8) is 0 Å². The van der Waals surface area contributed by atoms with Gasteiger partial charge < -0.3 is 21.1 Å². The number of ketones is 1. The van der Waals surface area contributed by atoms with Gasteiger partial charge >= 0.3 is 0 Å². The number of Topliss-reactive ketones (excluding diaryl/α,β-unsaturated/α-hetero) is 1. The topological polar surface area (TPSA) is 104 Å². The lowest BCUT2D eigenvalue weighted by atomic mass is 10.0. The lowest BCUT2D eigenvalue weighted by molar-refractivity contribution is -0.309. The van der Waals surface area contributed by atoms with Crippen LogP contribution in [0.4, 0.5) is 0 Å². The SMILES string of the molecule is CCCCCCCCC(N)C(=O)CC(O)(O)O. The largest absolute Gasteiger partial charge is 0.343 e. The Balaban J connectivity index is 3.58. The lowest BCUT2D eigenvalue weighted by Gasteiger charge is -2.16. The molecular formula is C12H25NO4. The molecule has 0 radical (unpaired) electrons. The molecule has 0 saturated carbocycles. The molecule has 0 fully saturated rings. The first-order valence-corrected chi connectivity index (χ1v) is 6.32. The zero-order valence-electron chi connectivity index (χ0n) is 10.6. The zero-order valence-corrected chi connectivity index (χ0v) is 10.6. The van der Waals surface area contributed by atoms with Crippen LogP contribution in [0.15, 0.2) is 0 Å². The summed E-state index contributed by atoms with van der Waals surface area (Å²) in [7, 11) is 0. The van der Waals surface area contributed by atoms with Crippen molar-refractivity contribution in [3.05, 3.63) is 0 Å². The predicted octanol–water partition coefficient (Wildman–Crippen LogP) is 0.654. The molecule has 1 atom stereocenters. The van der Waals surface area contributed by atoms with E-state index in [1.807, 2.05) is 0 Å². The van der Waals surface area contributed by atoms with Crippen LogP contribution in [0, 0.1) is 0 Å². The summed E-state index contributed by atoms with van der Waals surface area (Å²) in [5.74, 6) is -3.46. The second-order valence-electron chi connectivity index (χ2n) is 4.58. The molecule has 102 valence electrons. The molecule has 0 aliphatic rings. The molecule has 5 heteroatoms. The highest BCUT2D eigenvalue weighted by atomic mass is 16.7. The molecule has 0 aromatic carbocycles. The van der Waals surface area contributed by atoms with E-state index in [2.05, 4.69) is 6.92 Å². The van der Waals surface area contributed by atoms with Gasteiger partial charge in [-0.25, -0.2) is 0 Å². The molecule has 1 unspecified atom stereocenters. The van der Waals surface area contributed by atoms with Crippen molar-refractivity contribution in [1.29, 1.82) is 0 Å². The molecule has 5 nitrogen and oxygen atoms in total. The number of unbranched alkanes of at least 4 members (excludes halogenated alkanes) is 5. The third kappa shape index (κ3) is 10.4. The first kappa shape index (κ1) is 16.5. The van der Waals surface area contributed by atoms with Gasteiger partial charge in [0.25, 0.3) is 5.97 Å². The molecular weight excluding hydrogens is 222 g/mol. The zero-order chi connectivity index (χ0) is 13.3. The molecule has 17 heavy (non-hydrogen) atoms. The van der Waals surface area contributed by atoms with Crippen molar-refractivity contribution in [2.45, 2.75) is 70.3 Å². The van der Waals surface area contributed by atoms with Gasteiger partial charge in [0.15, 0.2) is 5.78 Å². The average molecular weight is 247 g/mol. The second-order valence-corrected chi connectivity index (χ2v) is 4.58. The van der Waals surface area contributed by atoms with Gasteiger partial charge in [0.05, 0.1) is 12.5 Å². The molecule has 0 saturated heterocycles. The molecule has 0 heterocycles. The molecule has 0 amide bonds. The molecule has 0 aromatic heterocycles. The van der Waals surface area contributed by atoms with Crippen LogP contribution in [0.3, 0.4) is 0 Å². The Bertz CT molecular complexity index is 213. The van der Waals surface area contributed by atoms with Crippen LogP contribution in [0.25, 0.3) is 0 Å². The summed E-state index contributed by atoms with van der Waals surface area (Å²) in [5.41, 5.74) is 5.58. The van der Waals surface area contributed by atoms with Crippen molar-refractivity contribution >= 4 is 5.78 Å². The highest BCUT2D eigenvalue weighted by molar-refractivity contribution is 5.84. The van der Waals surface area contributed by atoms with E-state index in [-0.39, 0.29) is 0 Å². The number of carbonyl (C=O) groups excluding carboxylic acids is 1. The number of nitrogens with two attached hydrogens (primary N) is 1. The first-order chi connectivity index (χ1) is 7.87. The van der Waals surface area contributed by atoms with Crippen LogP contribution in [0.2, 0.25) is 0 Å². The van der Waals surface area contributed by atoms with Crippen molar-refractivity contribution in [2.24, 2.45) is 5.73 Å². The molecule has 5 N–H and O–H groups in total. The van der Waals surface area contributed by atoms with Gasteiger partial charge in [-0.05, 0) is 6.42 Å².